The Bertz CT molecular complexity index is 371. The molecule has 1 heterocycles. The van der Waals surface area contributed by atoms with Crippen LogP contribution in [0.4, 0.5) is 11.6 Å². The molecule has 0 aliphatic rings. The van der Waals surface area contributed by atoms with Gasteiger partial charge in [0.05, 0.1) is 0 Å². The van der Waals surface area contributed by atoms with Gasteiger partial charge in [-0.3, -0.25) is 0 Å². The van der Waals surface area contributed by atoms with Gasteiger partial charge < -0.3 is 15.4 Å². The van der Waals surface area contributed by atoms with Crippen LogP contribution in [0.15, 0.2) is 6.07 Å². The zero-order valence-electron chi connectivity index (χ0n) is 13.0. The second-order valence-electron chi connectivity index (χ2n) is 4.86. The van der Waals surface area contributed by atoms with Gasteiger partial charge in [0, 0.05) is 39.3 Å². The van der Waals surface area contributed by atoms with Crippen LogP contribution in [0.5, 0.6) is 0 Å². The summed E-state index contributed by atoms with van der Waals surface area (Å²) in [4.78, 5) is 9.09. The molecule has 0 fully saturated rings. The van der Waals surface area contributed by atoms with Gasteiger partial charge in [0.1, 0.15) is 17.5 Å². The first-order chi connectivity index (χ1) is 9.80. The zero-order chi connectivity index (χ0) is 14.6. The van der Waals surface area contributed by atoms with Gasteiger partial charge in [0.2, 0.25) is 0 Å². The normalized spacial score (nSPS) is 10.6. The van der Waals surface area contributed by atoms with Gasteiger partial charge in [-0.1, -0.05) is 13.8 Å². The average Bonchev–Trinajstić information content (AvgIpc) is 2.45. The van der Waals surface area contributed by atoms with Crippen LogP contribution in [0.2, 0.25) is 0 Å². The Hall–Kier alpha value is -1.36. The SMILES string of the molecule is CCCNc1cc(NCCCCOC)nc(CCC)n1. The van der Waals surface area contributed by atoms with Crippen molar-refractivity contribution in [1.82, 2.24) is 9.97 Å². The van der Waals surface area contributed by atoms with Crippen molar-refractivity contribution in [3.63, 3.8) is 0 Å². The third kappa shape index (κ3) is 6.70. The van der Waals surface area contributed by atoms with E-state index in [9.17, 15) is 0 Å². The number of hydrogen-bond donors (Lipinski definition) is 2. The van der Waals surface area contributed by atoms with Gasteiger partial charge in [-0.25, -0.2) is 9.97 Å². The van der Waals surface area contributed by atoms with Gasteiger partial charge in [-0.15, -0.1) is 0 Å². The summed E-state index contributed by atoms with van der Waals surface area (Å²) < 4.78 is 5.05. The van der Waals surface area contributed by atoms with Crippen LogP contribution in [0, 0.1) is 0 Å². The Labute approximate surface area is 122 Å². The predicted molar refractivity (Wildman–Crippen MR) is 84.4 cm³/mol. The van der Waals surface area contributed by atoms with E-state index >= 15 is 0 Å². The molecule has 0 spiro atoms. The molecule has 0 atom stereocenters. The van der Waals surface area contributed by atoms with Crippen LogP contribution in [-0.2, 0) is 11.2 Å². The smallest absolute Gasteiger partial charge is 0.133 e. The van der Waals surface area contributed by atoms with Gasteiger partial charge in [0.15, 0.2) is 0 Å². The van der Waals surface area contributed by atoms with Crippen molar-refractivity contribution in [2.24, 2.45) is 0 Å². The summed E-state index contributed by atoms with van der Waals surface area (Å²) in [6.45, 7) is 6.97. The molecular weight excluding hydrogens is 252 g/mol. The van der Waals surface area contributed by atoms with Gasteiger partial charge in [0.25, 0.3) is 0 Å². The number of rotatable bonds is 11. The minimum Gasteiger partial charge on any atom is -0.385 e. The molecule has 0 amide bonds. The highest BCUT2D eigenvalue weighted by atomic mass is 16.5. The molecule has 0 saturated heterocycles. The topological polar surface area (TPSA) is 59.1 Å². The van der Waals surface area contributed by atoms with Crippen molar-refractivity contribution in [3.8, 4) is 0 Å². The number of nitrogens with zero attached hydrogens (tertiary/aromatic N) is 2. The Morgan fingerprint density at radius 1 is 1.00 bits per heavy atom. The third-order valence-corrected chi connectivity index (χ3v) is 2.88. The lowest BCUT2D eigenvalue weighted by Crippen LogP contribution is -2.10. The van der Waals surface area contributed by atoms with E-state index in [-0.39, 0.29) is 0 Å². The van der Waals surface area contributed by atoms with Crippen LogP contribution >= 0.6 is 0 Å². The molecule has 1 aromatic rings. The summed E-state index contributed by atoms with van der Waals surface area (Å²) in [7, 11) is 1.74. The summed E-state index contributed by atoms with van der Waals surface area (Å²) in [5.74, 6) is 2.75. The van der Waals surface area contributed by atoms with Gasteiger partial charge in [-0.05, 0) is 25.7 Å². The third-order valence-electron chi connectivity index (χ3n) is 2.88. The van der Waals surface area contributed by atoms with Crippen LogP contribution in [-0.4, -0.2) is 36.8 Å². The molecule has 1 rings (SSSR count). The number of ether oxygens (including phenoxy) is 1. The number of methoxy groups -OCH3 is 1. The summed E-state index contributed by atoms with van der Waals surface area (Å²) >= 11 is 0. The summed E-state index contributed by atoms with van der Waals surface area (Å²) in [5, 5.41) is 6.71. The second-order valence-corrected chi connectivity index (χ2v) is 4.86. The fraction of sp³-hybridized carbons (Fsp3) is 0.733. The lowest BCUT2D eigenvalue weighted by molar-refractivity contribution is 0.194. The molecule has 0 radical (unpaired) electrons. The van der Waals surface area contributed by atoms with E-state index in [4.69, 9.17) is 4.74 Å². The van der Waals surface area contributed by atoms with Crippen molar-refractivity contribution in [2.75, 3.05) is 37.4 Å². The minimum atomic E-state index is 0.815. The van der Waals surface area contributed by atoms with Crippen LogP contribution in [0.1, 0.15) is 45.4 Å². The molecule has 5 nitrogen and oxygen atoms in total. The van der Waals surface area contributed by atoms with Crippen LogP contribution < -0.4 is 10.6 Å². The molecule has 114 valence electrons. The van der Waals surface area contributed by atoms with Crippen molar-refractivity contribution >= 4 is 11.6 Å². The Balaban J connectivity index is 2.55. The van der Waals surface area contributed by atoms with Crippen LogP contribution in [0.25, 0.3) is 0 Å². The predicted octanol–water partition coefficient (Wildman–Crippen LogP) is 3.09. The molecule has 0 aliphatic carbocycles. The number of unbranched alkanes of at least 4 members (excludes halogenated alkanes) is 1. The van der Waals surface area contributed by atoms with Crippen molar-refractivity contribution in [2.45, 2.75) is 46.0 Å². The largest absolute Gasteiger partial charge is 0.385 e. The Morgan fingerprint density at radius 2 is 1.70 bits per heavy atom. The number of aryl methyl sites for hydroxylation is 1. The molecule has 0 saturated carbocycles. The monoisotopic (exact) mass is 280 g/mol. The number of hydrogen-bond acceptors (Lipinski definition) is 5. The first kappa shape index (κ1) is 16.7. The second kappa shape index (κ2) is 10.4. The highest BCUT2D eigenvalue weighted by Crippen LogP contribution is 2.12. The molecule has 0 unspecified atom stereocenters. The fourth-order valence-electron chi connectivity index (χ4n) is 1.85. The Morgan fingerprint density at radius 3 is 2.30 bits per heavy atom. The molecule has 20 heavy (non-hydrogen) atoms. The number of nitrogens with one attached hydrogen (secondary N) is 2. The van der Waals surface area contributed by atoms with Crippen molar-refractivity contribution < 1.29 is 4.74 Å². The summed E-state index contributed by atoms with van der Waals surface area (Å²) in [6, 6.07) is 1.99. The quantitative estimate of drug-likeness (QED) is 0.610. The maximum Gasteiger partial charge on any atom is 0.133 e. The first-order valence-corrected chi connectivity index (χ1v) is 7.64. The molecule has 5 heteroatoms. The summed E-state index contributed by atoms with van der Waals surface area (Å²) in [6.07, 6.45) is 5.22. The van der Waals surface area contributed by atoms with Crippen molar-refractivity contribution in [3.05, 3.63) is 11.9 Å². The van der Waals surface area contributed by atoms with Crippen LogP contribution in [0.3, 0.4) is 0 Å². The van der Waals surface area contributed by atoms with E-state index in [1.807, 2.05) is 6.07 Å². The van der Waals surface area contributed by atoms with Gasteiger partial charge >= 0.3 is 0 Å². The molecule has 0 bridgehead atoms. The van der Waals surface area contributed by atoms with Crippen molar-refractivity contribution in [1.29, 1.82) is 0 Å². The lowest BCUT2D eigenvalue weighted by Gasteiger charge is -2.10. The molecule has 0 aliphatic heterocycles. The standard InChI is InChI=1S/C15H28N4O/c1-4-8-13-18-14(16-9-5-2)12-15(19-13)17-10-6-7-11-20-3/h12H,4-11H2,1-3H3,(H2,16,17,18,19). The minimum absolute atomic E-state index is 0.815. The molecule has 1 aromatic heterocycles. The zero-order valence-corrected chi connectivity index (χ0v) is 13.0. The van der Waals surface area contributed by atoms with E-state index in [1.165, 1.54) is 0 Å². The Kier molecular flexibility index (Phi) is 8.71. The highest BCUT2D eigenvalue weighted by molar-refractivity contribution is 5.47. The molecular formula is C15H28N4O. The summed E-state index contributed by atoms with van der Waals surface area (Å²) in [5.41, 5.74) is 0. The fourth-order valence-corrected chi connectivity index (χ4v) is 1.85. The lowest BCUT2D eigenvalue weighted by atomic mass is 10.3. The molecule has 2 N–H and O–H groups in total. The van der Waals surface area contributed by atoms with E-state index in [0.717, 1.165) is 69.3 Å². The van der Waals surface area contributed by atoms with Gasteiger partial charge in [-0.2, -0.15) is 0 Å². The van der Waals surface area contributed by atoms with E-state index in [2.05, 4.69) is 34.4 Å². The maximum atomic E-state index is 5.05. The maximum absolute atomic E-state index is 5.05. The number of anilines is 2. The first-order valence-electron chi connectivity index (χ1n) is 7.64. The molecule has 0 aromatic carbocycles. The van der Waals surface area contributed by atoms with E-state index in [1.54, 1.807) is 7.11 Å². The van der Waals surface area contributed by atoms with E-state index < -0.39 is 0 Å². The highest BCUT2D eigenvalue weighted by Gasteiger charge is 2.03. The number of aromatic nitrogens is 2. The van der Waals surface area contributed by atoms with E-state index in [0.29, 0.717) is 0 Å². The average molecular weight is 280 g/mol.